The molecule has 2 heterocycles. The summed E-state index contributed by atoms with van der Waals surface area (Å²) in [4.78, 5) is 32.3. The molecule has 7 heteroatoms. The van der Waals surface area contributed by atoms with Crippen molar-refractivity contribution in [2.45, 2.75) is 25.0 Å². The largest absolute Gasteiger partial charge is 0.480 e. The molecule has 1 N–H and O–H groups in total. The number of carbonyl (C=O) groups excluding carboxylic acids is 1. The van der Waals surface area contributed by atoms with Gasteiger partial charge in [-0.15, -0.1) is 0 Å². The fourth-order valence-electron chi connectivity index (χ4n) is 3.81. The molecule has 1 amide bonds. The first-order valence-electron chi connectivity index (χ1n) is 8.72. The predicted molar refractivity (Wildman–Crippen MR) is 102 cm³/mol. The lowest BCUT2D eigenvalue weighted by Gasteiger charge is -2.29. The highest BCUT2D eigenvalue weighted by Crippen LogP contribution is 2.41. The molecular formula is C20H22ClN3O3. The van der Waals surface area contributed by atoms with Crippen LogP contribution in [0.4, 0.5) is 0 Å². The van der Waals surface area contributed by atoms with Gasteiger partial charge in [-0.1, -0.05) is 29.8 Å². The number of likely N-dealkylation sites (tertiary alicyclic amines) is 1. The molecule has 3 rings (SSSR count). The average Bonchev–Trinajstić information content (AvgIpc) is 2.99. The Morgan fingerprint density at radius 2 is 2.11 bits per heavy atom. The second-order valence-electron chi connectivity index (χ2n) is 6.92. The lowest BCUT2D eigenvalue weighted by Crippen LogP contribution is -2.36. The van der Waals surface area contributed by atoms with Crippen LogP contribution in [0, 0.1) is 5.92 Å². The van der Waals surface area contributed by atoms with E-state index in [0.717, 1.165) is 11.1 Å². The van der Waals surface area contributed by atoms with Crippen molar-refractivity contribution in [2.75, 3.05) is 14.1 Å². The maximum absolute atomic E-state index is 13.2. The van der Waals surface area contributed by atoms with E-state index in [-0.39, 0.29) is 18.4 Å². The molecule has 1 aromatic carbocycles. The van der Waals surface area contributed by atoms with E-state index in [1.807, 2.05) is 24.3 Å². The lowest BCUT2D eigenvalue weighted by atomic mass is 9.91. The monoisotopic (exact) mass is 387 g/mol. The lowest BCUT2D eigenvalue weighted by molar-refractivity contribution is -0.142. The van der Waals surface area contributed by atoms with Crippen molar-refractivity contribution in [1.29, 1.82) is 0 Å². The third kappa shape index (κ3) is 4.12. The number of carboxylic acid groups (broad SMARTS) is 1. The van der Waals surface area contributed by atoms with E-state index in [9.17, 15) is 14.7 Å². The van der Waals surface area contributed by atoms with E-state index in [0.29, 0.717) is 11.6 Å². The Morgan fingerprint density at radius 1 is 1.33 bits per heavy atom. The fraction of sp³-hybridized carbons (Fsp3) is 0.350. The van der Waals surface area contributed by atoms with Gasteiger partial charge in [0.2, 0.25) is 5.91 Å². The first kappa shape index (κ1) is 19.3. The minimum Gasteiger partial charge on any atom is -0.480 e. The summed E-state index contributed by atoms with van der Waals surface area (Å²) < 4.78 is 0. The van der Waals surface area contributed by atoms with Gasteiger partial charge in [0.05, 0.1) is 5.92 Å². The summed E-state index contributed by atoms with van der Waals surface area (Å²) in [6, 6.07) is 9.95. The third-order valence-electron chi connectivity index (χ3n) is 5.10. The Kier molecular flexibility index (Phi) is 5.77. The molecule has 1 fully saturated rings. The minimum atomic E-state index is -0.922. The van der Waals surface area contributed by atoms with Crippen molar-refractivity contribution in [1.82, 2.24) is 14.8 Å². The maximum atomic E-state index is 13.2. The highest BCUT2D eigenvalue weighted by molar-refractivity contribution is 6.30. The average molecular weight is 388 g/mol. The molecule has 1 aliphatic heterocycles. The van der Waals surface area contributed by atoms with Crippen LogP contribution in [0.15, 0.2) is 48.8 Å². The summed E-state index contributed by atoms with van der Waals surface area (Å²) in [5, 5.41) is 10.1. The van der Waals surface area contributed by atoms with E-state index in [1.54, 1.807) is 48.4 Å². The van der Waals surface area contributed by atoms with Gasteiger partial charge in [-0.2, -0.15) is 0 Å². The summed E-state index contributed by atoms with van der Waals surface area (Å²) >= 11 is 6.13. The molecule has 0 saturated carbocycles. The Labute approximate surface area is 163 Å². The van der Waals surface area contributed by atoms with Gasteiger partial charge in [-0.3, -0.25) is 19.5 Å². The zero-order valence-electron chi connectivity index (χ0n) is 15.2. The van der Waals surface area contributed by atoms with Gasteiger partial charge in [0, 0.05) is 37.1 Å². The van der Waals surface area contributed by atoms with Crippen LogP contribution >= 0.6 is 11.6 Å². The normalized spacial score (nSPS) is 22.6. The Balaban J connectivity index is 1.87. The molecule has 1 aromatic heterocycles. The van der Waals surface area contributed by atoms with Crippen LogP contribution in [0.5, 0.6) is 0 Å². The molecular weight excluding hydrogens is 366 g/mol. The summed E-state index contributed by atoms with van der Waals surface area (Å²) in [6.45, 7) is 0.424. The molecule has 27 heavy (non-hydrogen) atoms. The smallest absolute Gasteiger partial charge is 0.320 e. The van der Waals surface area contributed by atoms with Gasteiger partial charge < -0.3 is 10.0 Å². The number of carboxylic acids is 1. The summed E-state index contributed by atoms with van der Waals surface area (Å²) in [5.74, 6) is -1.47. The van der Waals surface area contributed by atoms with Crippen molar-refractivity contribution in [3.8, 4) is 0 Å². The van der Waals surface area contributed by atoms with Crippen LogP contribution in [-0.2, 0) is 16.1 Å². The second kappa shape index (κ2) is 8.06. The minimum absolute atomic E-state index is 0.0839. The molecule has 2 aromatic rings. The van der Waals surface area contributed by atoms with Crippen LogP contribution in [0.25, 0.3) is 0 Å². The number of rotatable bonds is 5. The molecule has 0 bridgehead atoms. The SMILES string of the molecule is CN(Cc1cccnc1)C(=O)[C@H]1C[C@@H](C(=O)O)N(C)[C@H]1c1cccc(Cl)c1. The number of pyridine rings is 1. The third-order valence-corrected chi connectivity index (χ3v) is 5.34. The van der Waals surface area contributed by atoms with Gasteiger partial charge in [0.1, 0.15) is 6.04 Å². The van der Waals surface area contributed by atoms with Crippen LogP contribution in [-0.4, -0.2) is 51.9 Å². The first-order chi connectivity index (χ1) is 12.9. The number of likely N-dealkylation sites (N-methyl/N-ethyl adjacent to an activating group) is 1. The summed E-state index contributed by atoms with van der Waals surface area (Å²) in [7, 11) is 3.48. The van der Waals surface area contributed by atoms with E-state index in [1.165, 1.54) is 0 Å². The number of aromatic nitrogens is 1. The predicted octanol–water partition coefficient (Wildman–Crippen LogP) is 2.84. The second-order valence-corrected chi connectivity index (χ2v) is 7.35. The Morgan fingerprint density at radius 3 is 2.74 bits per heavy atom. The van der Waals surface area contributed by atoms with Crippen LogP contribution in [0.2, 0.25) is 5.02 Å². The van der Waals surface area contributed by atoms with E-state index in [4.69, 9.17) is 11.6 Å². The molecule has 0 spiro atoms. The van der Waals surface area contributed by atoms with Crippen molar-refractivity contribution >= 4 is 23.5 Å². The van der Waals surface area contributed by atoms with Crippen molar-refractivity contribution < 1.29 is 14.7 Å². The molecule has 3 atom stereocenters. The van der Waals surface area contributed by atoms with E-state index in [2.05, 4.69) is 4.98 Å². The number of halogens is 1. The van der Waals surface area contributed by atoms with E-state index >= 15 is 0 Å². The molecule has 142 valence electrons. The van der Waals surface area contributed by atoms with Gasteiger partial charge in [-0.05, 0) is 42.8 Å². The Hall–Kier alpha value is -2.44. The van der Waals surface area contributed by atoms with Gasteiger partial charge in [-0.25, -0.2) is 0 Å². The van der Waals surface area contributed by atoms with Crippen LogP contribution < -0.4 is 0 Å². The number of carbonyl (C=O) groups is 2. The number of nitrogens with zero attached hydrogens (tertiary/aromatic N) is 3. The standard InChI is InChI=1S/C20H22ClN3O3/c1-23(12-13-5-4-8-22-11-13)19(25)16-10-17(20(26)27)24(2)18(16)14-6-3-7-15(21)9-14/h3-9,11,16-18H,10,12H2,1-2H3,(H,26,27)/t16-,17-,18-/m0/s1. The number of amides is 1. The molecule has 0 unspecified atom stereocenters. The number of hydrogen-bond donors (Lipinski definition) is 1. The van der Waals surface area contributed by atoms with Crippen molar-refractivity contribution in [2.24, 2.45) is 5.92 Å². The first-order valence-corrected chi connectivity index (χ1v) is 9.10. The fourth-order valence-corrected chi connectivity index (χ4v) is 4.01. The topological polar surface area (TPSA) is 73.7 Å². The van der Waals surface area contributed by atoms with Crippen molar-refractivity contribution in [3.05, 3.63) is 64.9 Å². The quantitative estimate of drug-likeness (QED) is 0.853. The highest BCUT2D eigenvalue weighted by Gasteiger charge is 2.47. The molecule has 1 aliphatic rings. The molecule has 1 saturated heterocycles. The zero-order chi connectivity index (χ0) is 19.6. The van der Waals surface area contributed by atoms with E-state index < -0.39 is 17.9 Å². The Bertz CT molecular complexity index is 830. The molecule has 6 nitrogen and oxygen atoms in total. The number of benzene rings is 1. The molecule has 0 aliphatic carbocycles. The van der Waals surface area contributed by atoms with Gasteiger partial charge >= 0.3 is 5.97 Å². The maximum Gasteiger partial charge on any atom is 0.320 e. The van der Waals surface area contributed by atoms with Crippen molar-refractivity contribution in [3.63, 3.8) is 0 Å². The van der Waals surface area contributed by atoms with Crippen LogP contribution in [0.3, 0.4) is 0 Å². The number of hydrogen-bond acceptors (Lipinski definition) is 4. The summed E-state index contributed by atoms with van der Waals surface area (Å²) in [6.07, 6.45) is 3.67. The summed E-state index contributed by atoms with van der Waals surface area (Å²) in [5.41, 5.74) is 1.77. The van der Waals surface area contributed by atoms with Crippen LogP contribution in [0.1, 0.15) is 23.6 Å². The zero-order valence-corrected chi connectivity index (χ0v) is 16.0. The number of aliphatic carboxylic acids is 1. The highest BCUT2D eigenvalue weighted by atomic mass is 35.5. The van der Waals surface area contributed by atoms with Gasteiger partial charge in [0.15, 0.2) is 0 Å². The van der Waals surface area contributed by atoms with Gasteiger partial charge in [0.25, 0.3) is 0 Å². The molecule has 0 radical (unpaired) electrons.